The van der Waals surface area contributed by atoms with Crippen molar-refractivity contribution in [3.8, 4) is 5.75 Å². The van der Waals surface area contributed by atoms with Gasteiger partial charge in [-0.05, 0) is 88.9 Å². The highest BCUT2D eigenvalue weighted by Crippen LogP contribution is 2.34. The minimum Gasteiger partial charge on any atom is -0.492 e. The lowest BCUT2D eigenvalue weighted by Crippen LogP contribution is -2.36. The Morgan fingerprint density at radius 2 is 1.97 bits per heavy atom. The van der Waals surface area contributed by atoms with Crippen LogP contribution in [0.2, 0.25) is 0 Å². The van der Waals surface area contributed by atoms with Gasteiger partial charge in [-0.25, -0.2) is 0 Å². The van der Waals surface area contributed by atoms with Crippen LogP contribution in [0.15, 0.2) is 45.8 Å². The van der Waals surface area contributed by atoms with Gasteiger partial charge in [-0.3, -0.25) is 19.3 Å². The average molecular weight is 503 g/mol. The van der Waals surface area contributed by atoms with E-state index < -0.39 is 17.1 Å². The molecule has 2 aromatic rings. The van der Waals surface area contributed by atoms with Crippen molar-refractivity contribution in [2.45, 2.75) is 27.2 Å². The number of carbonyl (C=O) groups is 3. The molecular formula is C23H23BrN2O4S. The molecule has 162 valence electrons. The van der Waals surface area contributed by atoms with E-state index >= 15 is 0 Å². The molecule has 0 spiro atoms. The predicted molar refractivity (Wildman–Crippen MR) is 127 cm³/mol. The van der Waals surface area contributed by atoms with E-state index in [2.05, 4.69) is 21.2 Å². The molecule has 1 aliphatic rings. The predicted octanol–water partition coefficient (Wildman–Crippen LogP) is 5.53. The molecule has 6 nitrogen and oxygen atoms in total. The van der Waals surface area contributed by atoms with Crippen LogP contribution in [0.3, 0.4) is 0 Å². The highest BCUT2D eigenvalue weighted by Gasteiger charge is 2.36. The van der Waals surface area contributed by atoms with Crippen molar-refractivity contribution in [1.82, 2.24) is 4.90 Å². The standard InChI is InChI=1S/C23H23BrN2O4S/c1-4-9-30-19-8-7-16(11-17(19)24)12-20-22(28)26(23(29)31-20)13-21(27)25-18-10-14(2)5-6-15(18)3/h5-8,10-12H,4,9,13H2,1-3H3,(H,25,27)/b20-12-. The van der Waals surface area contributed by atoms with Gasteiger partial charge in [-0.2, -0.15) is 0 Å². The first-order valence-electron chi connectivity index (χ1n) is 9.83. The van der Waals surface area contributed by atoms with Gasteiger partial charge in [-0.1, -0.05) is 25.1 Å². The third-order valence-corrected chi connectivity index (χ3v) is 6.08. The second-order valence-electron chi connectivity index (χ2n) is 7.17. The Kier molecular flexibility index (Phi) is 7.56. The number of rotatable bonds is 7. The zero-order valence-corrected chi connectivity index (χ0v) is 19.9. The van der Waals surface area contributed by atoms with Gasteiger partial charge >= 0.3 is 0 Å². The molecule has 0 aliphatic carbocycles. The van der Waals surface area contributed by atoms with Crippen molar-refractivity contribution >= 4 is 56.5 Å². The average Bonchev–Trinajstić information content (AvgIpc) is 2.97. The summed E-state index contributed by atoms with van der Waals surface area (Å²) in [6.45, 7) is 6.12. The van der Waals surface area contributed by atoms with E-state index in [0.29, 0.717) is 12.3 Å². The van der Waals surface area contributed by atoms with E-state index in [4.69, 9.17) is 4.74 Å². The van der Waals surface area contributed by atoms with Gasteiger partial charge in [-0.15, -0.1) is 0 Å². The second-order valence-corrected chi connectivity index (χ2v) is 9.02. The molecule has 0 atom stereocenters. The summed E-state index contributed by atoms with van der Waals surface area (Å²) < 4.78 is 6.39. The van der Waals surface area contributed by atoms with Crippen LogP contribution >= 0.6 is 27.7 Å². The number of hydrogen-bond donors (Lipinski definition) is 1. The molecule has 1 aliphatic heterocycles. The molecule has 1 saturated heterocycles. The lowest BCUT2D eigenvalue weighted by atomic mass is 10.1. The SMILES string of the molecule is CCCOc1ccc(/C=C2\SC(=O)N(CC(=O)Nc3cc(C)ccc3C)C2=O)cc1Br. The Bertz CT molecular complexity index is 1070. The van der Waals surface area contributed by atoms with Crippen LogP contribution in [0.5, 0.6) is 5.75 Å². The van der Waals surface area contributed by atoms with Gasteiger partial charge in [0.25, 0.3) is 11.1 Å². The van der Waals surface area contributed by atoms with Crippen molar-refractivity contribution in [2.24, 2.45) is 0 Å². The monoisotopic (exact) mass is 502 g/mol. The zero-order chi connectivity index (χ0) is 22.5. The van der Waals surface area contributed by atoms with Gasteiger partial charge in [0.1, 0.15) is 12.3 Å². The topological polar surface area (TPSA) is 75.7 Å². The molecule has 1 heterocycles. The van der Waals surface area contributed by atoms with Crippen molar-refractivity contribution in [1.29, 1.82) is 0 Å². The van der Waals surface area contributed by atoms with E-state index in [1.807, 2.05) is 57.2 Å². The summed E-state index contributed by atoms with van der Waals surface area (Å²) in [7, 11) is 0. The van der Waals surface area contributed by atoms with Crippen LogP contribution < -0.4 is 10.1 Å². The van der Waals surface area contributed by atoms with Crippen LogP contribution in [0.4, 0.5) is 10.5 Å². The number of thioether (sulfide) groups is 1. The number of aryl methyl sites for hydroxylation is 2. The summed E-state index contributed by atoms with van der Waals surface area (Å²) in [5, 5.41) is 2.32. The number of benzene rings is 2. The molecule has 1 fully saturated rings. The maximum absolute atomic E-state index is 12.7. The maximum atomic E-state index is 12.7. The number of imide groups is 1. The van der Waals surface area contributed by atoms with Crippen molar-refractivity contribution < 1.29 is 19.1 Å². The first kappa shape index (κ1) is 23.1. The molecule has 31 heavy (non-hydrogen) atoms. The van der Waals surface area contributed by atoms with Gasteiger partial charge in [0.05, 0.1) is 16.0 Å². The molecule has 3 rings (SSSR count). The quantitative estimate of drug-likeness (QED) is 0.503. The van der Waals surface area contributed by atoms with Gasteiger partial charge in [0, 0.05) is 5.69 Å². The largest absolute Gasteiger partial charge is 0.492 e. The molecule has 0 bridgehead atoms. The van der Waals surface area contributed by atoms with E-state index in [0.717, 1.165) is 50.0 Å². The number of nitrogens with zero attached hydrogens (tertiary/aromatic N) is 1. The zero-order valence-electron chi connectivity index (χ0n) is 17.5. The minimum absolute atomic E-state index is 0.277. The molecule has 3 amide bonds. The number of halogens is 1. The van der Waals surface area contributed by atoms with Crippen LogP contribution in [-0.4, -0.2) is 35.1 Å². The van der Waals surface area contributed by atoms with Crippen LogP contribution in [0.25, 0.3) is 6.08 Å². The third-order valence-electron chi connectivity index (χ3n) is 4.56. The van der Waals surface area contributed by atoms with Crippen molar-refractivity contribution in [3.05, 3.63) is 62.5 Å². The van der Waals surface area contributed by atoms with Crippen LogP contribution in [0, 0.1) is 13.8 Å². The fraction of sp³-hybridized carbons (Fsp3) is 0.261. The summed E-state index contributed by atoms with van der Waals surface area (Å²) in [4.78, 5) is 38.8. The van der Waals surface area contributed by atoms with Crippen molar-refractivity contribution in [2.75, 3.05) is 18.5 Å². The van der Waals surface area contributed by atoms with Crippen LogP contribution in [-0.2, 0) is 9.59 Å². The van der Waals surface area contributed by atoms with Crippen molar-refractivity contribution in [3.63, 3.8) is 0 Å². The molecular weight excluding hydrogens is 480 g/mol. The highest BCUT2D eigenvalue weighted by atomic mass is 79.9. The van der Waals surface area contributed by atoms with E-state index in [1.54, 1.807) is 6.08 Å². The Morgan fingerprint density at radius 1 is 1.19 bits per heavy atom. The first-order valence-corrected chi connectivity index (χ1v) is 11.4. The summed E-state index contributed by atoms with van der Waals surface area (Å²) in [5.41, 5.74) is 3.33. The Morgan fingerprint density at radius 3 is 2.68 bits per heavy atom. The Hall–Kier alpha value is -2.58. The number of ether oxygens (including phenoxy) is 1. The summed E-state index contributed by atoms with van der Waals surface area (Å²) in [6.07, 6.45) is 2.54. The third kappa shape index (κ3) is 5.77. The number of nitrogens with one attached hydrogen (secondary N) is 1. The molecule has 8 heteroatoms. The van der Waals surface area contributed by atoms with Gasteiger partial charge < -0.3 is 10.1 Å². The fourth-order valence-electron chi connectivity index (χ4n) is 2.93. The van der Waals surface area contributed by atoms with E-state index in [-0.39, 0.29) is 11.4 Å². The van der Waals surface area contributed by atoms with E-state index in [1.165, 1.54) is 0 Å². The summed E-state index contributed by atoms with van der Waals surface area (Å²) in [6, 6.07) is 11.2. The molecule has 0 unspecified atom stereocenters. The lowest BCUT2D eigenvalue weighted by molar-refractivity contribution is -0.127. The highest BCUT2D eigenvalue weighted by molar-refractivity contribution is 9.10. The molecule has 2 aromatic carbocycles. The van der Waals surface area contributed by atoms with E-state index in [9.17, 15) is 14.4 Å². The molecule has 0 radical (unpaired) electrons. The summed E-state index contributed by atoms with van der Waals surface area (Å²) >= 11 is 4.29. The first-order chi connectivity index (χ1) is 14.8. The van der Waals surface area contributed by atoms with Gasteiger partial charge in [0.2, 0.25) is 5.91 Å². The maximum Gasteiger partial charge on any atom is 0.294 e. The number of amides is 3. The second kappa shape index (κ2) is 10.2. The molecule has 0 aromatic heterocycles. The molecule has 0 saturated carbocycles. The lowest BCUT2D eigenvalue weighted by Gasteiger charge is -2.14. The van der Waals surface area contributed by atoms with Gasteiger partial charge in [0.15, 0.2) is 0 Å². The number of hydrogen-bond acceptors (Lipinski definition) is 5. The number of anilines is 1. The normalized spacial score (nSPS) is 15.0. The molecule has 1 N–H and O–H groups in total. The smallest absolute Gasteiger partial charge is 0.294 e. The van der Waals surface area contributed by atoms with Crippen LogP contribution in [0.1, 0.15) is 30.0 Å². The number of carbonyl (C=O) groups excluding carboxylic acids is 3. The Labute approximate surface area is 194 Å². The Balaban J connectivity index is 1.69. The summed E-state index contributed by atoms with van der Waals surface area (Å²) in [5.74, 6) is -0.179. The minimum atomic E-state index is -0.478. The fourth-order valence-corrected chi connectivity index (χ4v) is 4.28.